The molecule has 0 spiro atoms. The molecule has 1 aromatic carbocycles. The summed E-state index contributed by atoms with van der Waals surface area (Å²) in [6.45, 7) is 5.13. The number of nitrogens with one attached hydrogen (secondary N) is 1. The van der Waals surface area contributed by atoms with Crippen LogP contribution in [0.5, 0.6) is 0 Å². The first-order chi connectivity index (χ1) is 9.13. The molecule has 0 saturated carbocycles. The maximum atomic E-state index is 11.0. The number of halogens is 1. The van der Waals surface area contributed by atoms with Crippen molar-refractivity contribution in [1.29, 1.82) is 0 Å². The van der Waals surface area contributed by atoms with E-state index in [4.69, 9.17) is 0 Å². The normalized spacial score (nSPS) is 17.3. The molecular weight excluding hydrogens is 282 g/mol. The number of benzene rings is 1. The Morgan fingerprint density at radius 1 is 1.45 bits per heavy atom. The van der Waals surface area contributed by atoms with E-state index in [0.717, 1.165) is 31.7 Å². The van der Waals surface area contributed by atoms with Crippen LogP contribution in [0.25, 0.3) is 0 Å². The maximum absolute atomic E-state index is 11.0. The van der Waals surface area contributed by atoms with Crippen LogP contribution >= 0.6 is 12.4 Å². The lowest BCUT2D eigenvalue weighted by atomic mass is 10.0. The largest absolute Gasteiger partial charge is 0.394 e. The van der Waals surface area contributed by atoms with E-state index in [1.165, 1.54) is 0 Å². The van der Waals surface area contributed by atoms with Gasteiger partial charge < -0.3 is 10.4 Å². The third kappa shape index (κ3) is 3.67. The van der Waals surface area contributed by atoms with E-state index in [0.29, 0.717) is 5.56 Å². The van der Waals surface area contributed by atoms with Crippen molar-refractivity contribution in [3.8, 4) is 0 Å². The first-order valence-corrected chi connectivity index (χ1v) is 6.44. The van der Waals surface area contributed by atoms with E-state index in [1.807, 2.05) is 6.07 Å². The van der Waals surface area contributed by atoms with Crippen LogP contribution in [0.3, 0.4) is 0 Å². The summed E-state index contributed by atoms with van der Waals surface area (Å²) in [7, 11) is 0. The number of hydrogen-bond acceptors (Lipinski definition) is 5. The lowest BCUT2D eigenvalue weighted by Crippen LogP contribution is -2.46. The average molecular weight is 302 g/mol. The predicted molar refractivity (Wildman–Crippen MR) is 79.4 cm³/mol. The Morgan fingerprint density at radius 3 is 2.65 bits per heavy atom. The van der Waals surface area contributed by atoms with Crippen molar-refractivity contribution < 1.29 is 10.0 Å². The van der Waals surface area contributed by atoms with Crippen LogP contribution < -0.4 is 5.32 Å². The lowest BCUT2D eigenvalue weighted by molar-refractivity contribution is -0.385. The second kappa shape index (κ2) is 7.54. The lowest BCUT2D eigenvalue weighted by Gasteiger charge is -2.34. The number of hydrogen-bond donors (Lipinski definition) is 2. The van der Waals surface area contributed by atoms with Gasteiger partial charge in [0, 0.05) is 37.8 Å². The minimum absolute atomic E-state index is 0. The highest BCUT2D eigenvalue weighted by molar-refractivity contribution is 5.85. The highest BCUT2D eigenvalue weighted by Gasteiger charge is 2.23. The fourth-order valence-electron chi connectivity index (χ4n) is 2.46. The van der Waals surface area contributed by atoms with Gasteiger partial charge in [-0.15, -0.1) is 12.4 Å². The molecule has 1 heterocycles. The average Bonchev–Trinajstić information content (AvgIpc) is 2.42. The summed E-state index contributed by atoms with van der Waals surface area (Å²) in [6.07, 6.45) is 0. The Balaban J connectivity index is 0.00000200. The second-order valence-electron chi connectivity index (χ2n) is 4.79. The standard InChI is InChI=1S/C13H19N3O3.ClH/c1-10-2-3-11(8-12(10)16(18)19)13(9-17)15-6-4-14-5-7-15;/h2-3,8,13-14,17H,4-7,9H2,1H3;1H/t13-;/m1./s1. The molecule has 112 valence electrons. The van der Waals surface area contributed by atoms with Gasteiger partial charge in [-0.1, -0.05) is 12.1 Å². The zero-order chi connectivity index (χ0) is 13.8. The third-order valence-electron chi connectivity index (χ3n) is 3.58. The summed E-state index contributed by atoms with van der Waals surface area (Å²) < 4.78 is 0. The van der Waals surface area contributed by atoms with Crippen LogP contribution in [0.1, 0.15) is 17.2 Å². The smallest absolute Gasteiger partial charge is 0.272 e. The summed E-state index contributed by atoms with van der Waals surface area (Å²) >= 11 is 0. The van der Waals surface area contributed by atoms with Crippen LogP contribution in [-0.4, -0.2) is 47.7 Å². The summed E-state index contributed by atoms with van der Waals surface area (Å²) in [6, 6.07) is 5.03. The van der Waals surface area contributed by atoms with Gasteiger partial charge in [0.1, 0.15) is 0 Å². The minimum atomic E-state index is -0.370. The summed E-state index contributed by atoms with van der Waals surface area (Å²) in [5.41, 5.74) is 1.57. The number of nitrogens with zero attached hydrogens (tertiary/aromatic N) is 2. The Labute approximate surface area is 124 Å². The van der Waals surface area contributed by atoms with E-state index in [2.05, 4.69) is 10.2 Å². The van der Waals surface area contributed by atoms with Gasteiger partial charge in [-0.3, -0.25) is 15.0 Å². The maximum Gasteiger partial charge on any atom is 0.272 e. The number of rotatable bonds is 4. The number of nitro benzene ring substituents is 1. The van der Waals surface area contributed by atoms with Gasteiger partial charge in [-0.2, -0.15) is 0 Å². The molecule has 1 atom stereocenters. The fourth-order valence-corrected chi connectivity index (χ4v) is 2.46. The number of aliphatic hydroxyl groups excluding tert-OH is 1. The molecule has 20 heavy (non-hydrogen) atoms. The Morgan fingerprint density at radius 2 is 2.10 bits per heavy atom. The van der Waals surface area contributed by atoms with Crippen LogP contribution in [0.2, 0.25) is 0 Å². The zero-order valence-corrected chi connectivity index (χ0v) is 12.2. The fraction of sp³-hybridized carbons (Fsp3) is 0.538. The Bertz CT molecular complexity index is 464. The van der Waals surface area contributed by atoms with Crippen molar-refractivity contribution in [3.63, 3.8) is 0 Å². The van der Waals surface area contributed by atoms with Crippen molar-refractivity contribution >= 4 is 18.1 Å². The van der Waals surface area contributed by atoms with E-state index in [-0.39, 0.29) is 35.7 Å². The van der Waals surface area contributed by atoms with Crippen LogP contribution in [0.15, 0.2) is 18.2 Å². The highest BCUT2D eigenvalue weighted by Crippen LogP contribution is 2.26. The van der Waals surface area contributed by atoms with Gasteiger partial charge in [-0.05, 0) is 12.5 Å². The van der Waals surface area contributed by atoms with Crippen LogP contribution in [0.4, 0.5) is 5.69 Å². The van der Waals surface area contributed by atoms with Crippen molar-refractivity contribution in [2.75, 3.05) is 32.8 Å². The zero-order valence-electron chi connectivity index (χ0n) is 11.4. The molecular formula is C13H20ClN3O3. The van der Waals surface area contributed by atoms with E-state index >= 15 is 0 Å². The molecule has 1 saturated heterocycles. The van der Waals surface area contributed by atoms with E-state index < -0.39 is 0 Å². The number of nitro groups is 1. The van der Waals surface area contributed by atoms with Crippen molar-refractivity contribution in [1.82, 2.24) is 10.2 Å². The number of aliphatic hydroxyl groups is 1. The van der Waals surface area contributed by atoms with Crippen molar-refractivity contribution in [2.45, 2.75) is 13.0 Å². The van der Waals surface area contributed by atoms with E-state index in [9.17, 15) is 15.2 Å². The molecule has 1 aliphatic heterocycles. The first-order valence-electron chi connectivity index (χ1n) is 6.44. The quantitative estimate of drug-likeness (QED) is 0.647. The molecule has 0 radical (unpaired) electrons. The van der Waals surface area contributed by atoms with Crippen LogP contribution in [0, 0.1) is 17.0 Å². The third-order valence-corrected chi connectivity index (χ3v) is 3.58. The van der Waals surface area contributed by atoms with Gasteiger partial charge in [0.05, 0.1) is 17.6 Å². The molecule has 1 aliphatic rings. The molecule has 0 aliphatic carbocycles. The molecule has 0 aromatic heterocycles. The molecule has 1 fully saturated rings. The molecule has 2 N–H and O–H groups in total. The summed E-state index contributed by atoms with van der Waals surface area (Å²) in [5, 5.41) is 23.8. The molecule has 0 amide bonds. The van der Waals surface area contributed by atoms with Gasteiger partial charge >= 0.3 is 0 Å². The molecule has 0 unspecified atom stereocenters. The molecule has 2 rings (SSSR count). The second-order valence-corrected chi connectivity index (χ2v) is 4.79. The Hall–Kier alpha value is -1.21. The van der Waals surface area contributed by atoms with Crippen LogP contribution in [-0.2, 0) is 0 Å². The first kappa shape index (κ1) is 16.8. The molecule has 7 heteroatoms. The minimum Gasteiger partial charge on any atom is -0.394 e. The van der Waals surface area contributed by atoms with Crippen molar-refractivity contribution in [2.24, 2.45) is 0 Å². The van der Waals surface area contributed by atoms with E-state index in [1.54, 1.807) is 19.1 Å². The van der Waals surface area contributed by atoms with Crippen molar-refractivity contribution in [3.05, 3.63) is 39.4 Å². The molecule has 6 nitrogen and oxygen atoms in total. The molecule has 0 bridgehead atoms. The monoisotopic (exact) mass is 301 g/mol. The SMILES string of the molecule is Cc1ccc([C@@H](CO)N2CCNCC2)cc1[N+](=O)[O-].Cl. The summed E-state index contributed by atoms with van der Waals surface area (Å²) in [4.78, 5) is 12.8. The van der Waals surface area contributed by atoms with Gasteiger partial charge in [0.2, 0.25) is 0 Å². The number of piperazine rings is 1. The predicted octanol–water partition coefficient (Wildman–Crippen LogP) is 1.26. The van der Waals surface area contributed by atoms with Gasteiger partial charge in [0.25, 0.3) is 5.69 Å². The Kier molecular flexibility index (Phi) is 6.35. The molecule has 1 aromatic rings. The van der Waals surface area contributed by atoms with Gasteiger partial charge in [0.15, 0.2) is 0 Å². The summed E-state index contributed by atoms with van der Waals surface area (Å²) in [5.74, 6) is 0. The number of aryl methyl sites for hydroxylation is 1. The highest BCUT2D eigenvalue weighted by atomic mass is 35.5. The van der Waals surface area contributed by atoms with Gasteiger partial charge in [-0.25, -0.2) is 0 Å². The topological polar surface area (TPSA) is 78.6 Å².